The predicted octanol–water partition coefficient (Wildman–Crippen LogP) is 2.20. The molecule has 2 aliphatic rings. The number of hydrogen-bond acceptors (Lipinski definition) is 5. The van der Waals surface area contributed by atoms with Crippen molar-refractivity contribution in [1.82, 2.24) is 9.97 Å². The van der Waals surface area contributed by atoms with Crippen LogP contribution in [0.25, 0.3) is 0 Å². The van der Waals surface area contributed by atoms with Gasteiger partial charge in [0, 0.05) is 38.5 Å². The van der Waals surface area contributed by atoms with E-state index in [4.69, 9.17) is 9.47 Å². The molecule has 0 aromatic carbocycles. The summed E-state index contributed by atoms with van der Waals surface area (Å²) in [4.78, 5) is 11.2. The Hall–Kier alpha value is -1.20. The summed E-state index contributed by atoms with van der Waals surface area (Å²) in [6.07, 6.45) is 8.24. The first-order chi connectivity index (χ1) is 10.2. The molecule has 0 bridgehead atoms. The van der Waals surface area contributed by atoms with Crippen LogP contribution in [0.1, 0.15) is 38.7 Å². The van der Waals surface area contributed by atoms with Crippen LogP contribution in [0.3, 0.4) is 0 Å². The molecular formula is C16H25N3O2. The zero-order chi connectivity index (χ0) is 14.7. The lowest BCUT2D eigenvalue weighted by Gasteiger charge is -2.38. The molecule has 3 rings (SSSR count). The fraction of sp³-hybridized carbons (Fsp3) is 0.750. The average molecular weight is 291 g/mol. The second-order valence-electron chi connectivity index (χ2n) is 6.01. The SMILES string of the molecule is CCO[C@@H]1COC2(CCN(c3ncc(CC)cn3)CC2)C1. The first-order valence-corrected chi connectivity index (χ1v) is 8.06. The Morgan fingerprint density at radius 3 is 2.62 bits per heavy atom. The molecule has 0 saturated carbocycles. The van der Waals surface area contributed by atoms with Gasteiger partial charge in [0.15, 0.2) is 0 Å². The van der Waals surface area contributed by atoms with E-state index in [1.54, 1.807) is 0 Å². The fourth-order valence-corrected chi connectivity index (χ4v) is 3.30. The highest BCUT2D eigenvalue weighted by molar-refractivity contribution is 5.31. The third kappa shape index (κ3) is 3.19. The lowest BCUT2D eigenvalue weighted by Crippen LogP contribution is -2.45. The smallest absolute Gasteiger partial charge is 0.225 e. The van der Waals surface area contributed by atoms with Gasteiger partial charge in [-0.3, -0.25) is 0 Å². The molecule has 2 fully saturated rings. The lowest BCUT2D eigenvalue weighted by atomic mass is 9.88. The molecule has 21 heavy (non-hydrogen) atoms. The van der Waals surface area contributed by atoms with Crippen molar-refractivity contribution in [2.75, 3.05) is 31.2 Å². The van der Waals surface area contributed by atoms with E-state index >= 15 is 0 Å². The number of piperidine rings is 1. The Morgan fingerprint density at radius 2 is 2.00 bits per heavy atom. The van der Waals surface area contributed by atoms with E-state index in [1.807, 2.05) is 19.3 Å². The molecule has 1 spiro atoms. The third-order valence-electron chi connectivity index (χ3n) is 4.63. The summed E-state index contributed by atoms with van der Waals surface area (Å²) < 4.78 is 11.8. The molecule has 5 heteroatoms. The largest absolute Gasteiger partial charge is 0.376 e. The van der Waals surface area contributed by atoms with Gasteiger partial charge in [0.25, 0.3) is 0 Å². The maximum absolute atomic E-state index is 6.07. The van der Waals surface area contributed by atoms with Crippen molar-refractivity contribution in [3.05, 3.63) is 18.0 Å². The molecule has 0 aliphatic carbocycles. The molecule has 5 nitrogen and oxygen atoms in total. The van der Waals surface area contributed by atoms with Crippen LogP contribution < -0.4 is 4.90 Å². The van der Waals surface area contributed by atoms with Gasteiger partial charge >= 0.3 is 0 Å². The van der Waals surface area contributed by atoms with Gasteiger partial charge < -0.3 is 14.4 Å². The number of hydrogen-bond donors (Lipinski definition) is 0. The topological polar surface area (TPSA) is 47.5 Å². The van der Waals surface area contributed by atoms with Gasteiger partial charge in [0.05, 0.1) is 18.3 Å². The van der Waals surface area contributed by atoms with Crippen LogP contribution in [0.5, 0.6) is 0 Å². The molecule has 0 radical (unpaired) electrons. The zero-order valence-electron chi connectivity index (χ0n) is 13.0. The van der Waals surface area contributed by atoms with Gasteiger partial charge in [-0.05, 0) is 31.7 Å². The van der Waals surface area contributed by atoms with Crippen molar-refractivity contribution in [2.24, 2.45) is 0 Å². The highest BCUT2D eigenvalue weighted by Crippen LogP contribution is 2.37. The number of aryl methyl sites for hydroxylation is 1. The second-order valence-corrected chi connectivity index (χ2v) is 6.01. The van der Waals surface area contributed by atoms with Crippen molar-refractivity contribution in [2.45, 2.75) is 51.2 Å². The van der Waals surface area contributed by atoms with Gasteiger partial charge in [0.1, 0.15) is 0 Å². The number of rotatable bonds is 4. The van der Waals surface area contributed by atoms with E-state index in [-0.39, 0.29) is 11.7 Å². The van der Waals surface area contributed by atoms with Crippen molar-refractivity contribution in [3.8, 4) is 0 Å². The van der Waals surface area contributed by atoms with Gasteiger partial charge in [-0.15, -0.1) is 0 Å². The van der Waals surface area contributed by atoms with Crippen LogP contribution in [0, 0.1) is 0 Å². The molecule has 1 atom stereocenters. The van der Waals surface area contributed by atoms with Gasteiger partial charge in [-0.2, -0.15) is 0 Å². The molecule has 0 amide bonds. The summed E-state index contributed by atoms with van der Waals surface area (Å²) >= 11 is 0. The van der Waals surface area contributed by atoms with Gasteiger partial charge in [-0.1, -0.05) is 6.92 Å². The minimum Gasteiger partial charge on any atom is -0.376 e. The summed E-state index contributed by atoms with van der Waals surface area (Å²) in [5.74, 6) is 0.849. The summed E-state index contributed by atoms with van der Waals surface area (Å²) in [5.41, 5.74) is 1.21. The minimum absolute atomic E-state index is 0.0275. The molecule has 116 valence electrons. The number of aromatic nitrogens is 2. The lowest BCUT2D eigenvalue weighted by molar-refractivity contribution is -0.0191. The van der Waals surface area contributed by atoms with E-state index in [0.29, 0.717) is 0 Å². The maximum atomic E-state index is 6.07. The third-order valence-corrected chi connectivity index (χ3v) is 4.63. The number of ether oxygens (including phenoxy) is 2. The highest BCUT2D eigenvalue weighted by atomic mass is 16.6. The Labute approximate surface area is 126 Å². The summed E-state index contributed by atoms with van der Waals surface area (Å²) in [6, 6.07) is 0. The second kappa shape index (κ2) is 6.28. The van der Waals surface area contributed by atoms with Gasteiger partial charge in [0.2, 0.25) is 5.95 Å². The molecule has 0 unspecified atom stereocenters. The zero-order valence-corrected chi connectivity index (χ0v) is 13.0. The van der Waals surface area contributed by atoms with Crippen molar-refractivity contribution in [1.29, 1.82) is 0 Å². The molecule has 1 aromatic rings. The standard InChI is InChI=1S/C16H25N3O2/c1-3-13-10-17-15(18-11-13)19-7-5-16(6-8-19)9-14(12-21-16)20-4-2/h10-11,14H,3-9,12H2,1-2H3/t14-/m0/s1. The van der Waals surface area contributed by atoms with E-state index in [1.165, 1.54) is 5.56 Å². The normalized spacial score (nSPS) is 24.7. The Balaban J connectivity index is 1.57. The quantitative estimate of drug-likeness (QED) is 0.851. The first-order valence-electron chi connectivity index (χ1n) is 8.06. The molecule has 2 saturated heterocycles. The molecule has 3 heterocycles. The summed E-state index contributed by atoms with van der Waals surface area (Å²) in [6.45, 7) is 7.61. The molecule has 1 aromatic heterocycles. The van der Waals surface area contributed by atoms with Crippen LogP contribution in [0.2, 0.25) is 0 Å². The van der Waals surface area contributed by atoms with Crippen LogP contribution in [0.15, 0.2) is 12.4 Å². The highest BCUT2D eigenvalue weighted by Gasteiger charge is 2.43. The van der Waals surface area contributed by atoms with Gasteiger partial charge in [-0.25, -0.2) is 9.97 Å². The molecular weight excluding hydrogens is 266 g/mol. The van der Waals surface area contributed by atoms with Crippen LogP contribution in [-0.4, -0.2) is 48.0 Å². The summed E-state index contributed by atoms with van der Waals surface area (Å²) in [5, 5.41) is 0. The fourth-order valence-electron chi connectivity index (χ4n) is 3.30. The van der Waals surface area contributed by atoms with E-state index in [9.17, 15) is 0 Å². The first kappa shape index (κ1) is 14.7. The van der Waals surface area contributed by atoms with Crippen molar-refractivity contribution in [3.63, 3.8) is 0 Å². The Bertz CT molecular complexity index is 455. The predicted molar refractivity (Wildman–Crippen MR) is 81.6 cm³/mol. The van der Waals surface area contributed by atoms with E-state index < -0.39 is 0 Å². The Morgan fingerprint density at radius 1 is 1.29 bits per heavy atom. The van der Waals surface area contributed by atoms with Crippen LogP contribution >= 0.6 is 0 Å². The number of nitrogens with zero attached hydrogens (tertiary/aromatic N) is 3. The monoisotopic (exact) mass is 291 g/mol. The maximum Gasteiger partial charge on any atom is 0.225 e. The summed E-state index contributed by atoms with van der Waals surface area (Å²) in [7, 11) is 0. The minimum atomic E-state index is 0.0275. The van der Waals surface area contributed by atoms with Crippen molar-refractivity contribution < 1.29 is 9.47 Å². The molecule has 2 aliphatic heterocycles. The number of anilines is 1. The van der Waals surface area contributed by atoms with Crippen molar-refractivity contribution >= 4 is 5.95 Å². The average Bonchev–Trinajstić information content (AvgIpc) is 2.91. The molecule has 0 N–H and O–H groups in total. The van der Waals surface area contributed by atoms with Crippen LogP contribution in [0.4, 0.5) is 5.95 Å². The van der Waals surface area contributed by atoms with E-state index in [0.717, 1.165) is 57.9 Å². The Kier molecular flexibility index (Phi) is 4.40. The van der Waals surface area contributed by atoms with Crippen LogP contribution in [-0.2, 0) is 15.9 Å². The van der Waals surface area contributed by atoms with E-state index in [2.05, 4.69) is 21.8 Å².